The van der Waals surface area contributed by atoms with Crippen molar-refractivity contribution in [1.29, 1.82) is 0 Å². The topological polar surface area (TPSA) is 93.2 Å². The molecule has 0 aliphatic rings. The molecule has 1 atom stereocenters. The molecule has 1 aromatic rings. The average Bonchev–Trinajstić information content (AvgIpc) is 2.50. The molecular formula is C8H14N4O2. The van der Waals surface area contributed by atoms with Crippen molar-refractivity contribution in [3.05, 3.63) is 12.4 Å². The molecular weight excluding hydrogens is 184 g/mol. The lowest BCUT2D eigenvalue weighted by atomic mass is 10.3. The number of nitrogens with zero attached hydrogens (tertiary/aromatic N) is 2. The van der Waals surface area contributed by atoms with Crippen molar-refractivity contribution in [2.75, 3.05) is 12.3 Å². The van der Waals surface area contributed by atoms with Crippen LogP contribution in [0.2, 0.25) is 0 Å². The van der Waals surface area contributed by atoms with Gasteiger partial charge in [-0.15, -0.1) is 0 Å². The molecule has 6 heteroatoms. The maximum Gasteiger partial charge on any atom is 0.242 e. The summed E-state index contributed by atoms with van der Waals surface area (Å²) in [5.74, 6) is -0.199. The molecule has 0 saturated carbocycles. The van der Waals surface area contributed by atoms with E-state index in [-0.39, 0.29) is 25.1 Å². The molecule has 14 heavy (non-hydrogen) atoms. The summed E-state index contributed by atoms with van der Waals surface area (Å²) in [5.41, 5.74) is 5.95. The third-order valence-corrected chi connectivity index (χ3v) is 1.64. The lowest BCUT2D eigenvalue weighted by molar-refractivity contribution is -0.122. The second kappa shape index (κ2) is 4.61. The van der Waals surface area contributed by atoms with E-state index >= 15 is 0 Å². The fourth-order valence-electron chi connectivity index (χ4n) is 0.979. The van der Waals surface area contributed by atoms with Crippen molar-refractivity contribution < 1.29 is 9.90 Å². The Hall–Kier alpha value is -1.56. The maximum absolute atomic E-state index is 11.3. The van der Waals surface area contributed by atoms with E-state index in [1.54, 1.807) is 13.1 Å². The number of aliphatic hydroxyl groups is 1. The van der Waals surface area contributed by atoms with Crippen LogP contribution in [0.25, 0.3) is 0 Å². The summed E-state index contributed by atoms with van der Waals surface area (Å²) in [5, 5.41) is 15.2. The zero-order valence-corrected chi connectivity index (χ0v) is 7.97. The third kappa shape index (κ3) is 3.06. The molecule has 0 fully saturated rings. The highest BCUT2D eigenvalue weighted by atomic mass is 16.3. The Kier molecular flexibility index (Phi) is 3.47. The number of hydrogen-bond acceptors (Lipinski definition) is 4. The first-order valence-electron chi connectivity index (χ1n) is 4.30. The number of carbonyl (C=O) groups excluding carboxylic acids is 1. The van der Waals surface area contributed by atoms with Crippen LogP contribution >= 0.6 is 0 Å². The lowest BCUT2D eigenvalue weighted by Gasteiger charge is -2.10. The van der Waals surface area contributed by atoms with Crippen LogP contribution in [0.4, 0.5) is 5.69 Å². The highest BCUT2D eigenvalue weighted by Gasteiger charge is 2.06. The van der Waals surface area contributed by atoms with E-state index in [1.807, 2.05) is 0 Å². The van der Waals surface area contributed by atoms with Gasteiger partial charge in [-0.05, 0) is 6.92 Å². The van der Waals surface area contributed by atoms with Gasteiger partial charge in [-0.3, -0.25) is 9.48 Å². The molecule has 1 rings (SSSR count). The second-order valence-corrected chi connectivity index (χ2v) is 3.12. The van der Waals surface area contributed by atoms with Gasteiger partial charge in [0.2, 0.25) is 5.91 Å². The number of amides is 1. The molecule has 0 bridgehead atoms. The van der Waals surface area contributed by atoms with Gasteiger partial charge in [0.1, 0.15) is 6.54 Å². The van der Waals surface area contributed by atoms with E-state index in [0.29, 0.717) is 5.69 Å². The summed E-state index contributed by atoms with van der Waals surface area (Å²) >= 11 is 0. The molecule has 4 N–H and O–H groups in total. The van der Waals surface area contributed by atoms with E-state index in [1.165, 1.54) is 10.9 Å². The minimum atomic E-state index is -0.240. The molecule has 1 amide bonds. The van der Waals surface area contributed by atoms with E-state index in [4.69, 9.17) is 10.8 Å². The first kappa shape index (κ1) is 10.5. The van der Waals surface area contributed by atoms with Crippen molar-refractivity contribution in [3.63, 3.8) is 0 Å². The molecule has 0 aliphatic heterocycles. The molecule has 78 valence electrons. The normalized spacial score (nSPS) is 12.4. The Morgan fingerprint density at radius 3 is 3.07 bits per heavy atom. The summed E-state index contributed by atoms with van der Waals surface area (Å²) in [7, 11) is 0. The summed E-state index contributed by atoms with van der Waals surface area (Å²) < 4.78 is 1.44. The predicted octanol–water partition coefficient (Wildman–Crippen LogP) is -1.04. The van der Waals surface area contributed by atoms with Gasteiger partial charge in [-0.25, -0.2) is 0 Å². The molecule has 1 heterocycles. The Labute approximate surface area is 81.7 Å². The van der Waals surface area contributed by atoms with Gasteiger partial charge in [-0.2, -0.15) is 5.10 Å². The molecule has 0 spiro atoms. The Morgan fingerprint density at radius 2 is 2.57 bits per heavy atom. The fourth-order valence-corrected chi connectivity index (χ4v) is 0.979. The number of aliphatic hydroxyl groups excluding tert-OH is 1. The van der Waals surface area contributed by atoms with Crippen molar-refractivity contribution in [3.8, 4) is 0 Å². The van der Waals surface area contributed by atoms with Crippen molar-refractivity contribution >= 4 is 11.6 Å². The van der Waals surface area contributed by atoms with Gasteiger partial charge in [0.05, 0.1) is 18.5 Å². The van der Waals surface area contributed by atoms with E-state index in [2.05, 4.69) is 10.4 Å². The second-order valence-electron chi connectivity index (χ2n) is 3.12. The minimum Gasteiger partial charge on any atom is -0.396 e. The fraction of sp³-hybridized carbons (Fsp3) is 0.500. The molecule has 6 nitrogen and oxygen atoms in total. The average molecular weight is 198 g/mol. The molecule has 1 aromatic heterocycles. The summed E-state index contributed by atoms with van der Waals surface area (Å²) in [6.45, 7) is 1.75. The monoisotopic (exact) mass is 198 g/mol. The number of anilines is 1. The zero-order chi connectivity index (χ0) is 10.6. The van der Waals surface area contributed by atoms with Crippen LogP contribution < -0.4 is 11.1 Å². The van der Waals surface area contributed by atoms with Gasteiger partial charge in [0.25, 0.3) is 0 Å². The number of nitrogens with one attached hydrogen (secondary N) is 1. The number of aromatic nitrogens is 2. The van der Waals surface area contributed by atoms with Gasteiger partial charge in [-0.1, -0.05) is 0 Å². The van der Waals surface area contributed by atoms with Gasteiger partial charge < -0.3 is 16.2 Å². The summed E-state index contributed by atoms with van der Waals surface area (Å²) in [4.78, 5) is 11.3. The molecule has 0 aromatic carbocycles. The highest BCUT2D eigenvalue weighted by molar-refractivity contribution is 5.75. The van der Waals surface area contributed by atoms with E-state index in [9.17, 15) is 4.79 Å². The number of hydrogen-bond donors (Lipinski definition) is 3. The van der Waals surface area contributed by atoms with Crippen LogP contribution in [-0.4, -0.2) is 33.4 Å². The van der Waals surface area contributed by atoms with E-state index in [0.717, 1.165) is 0 Å². The van der Waals surface area contributed by atoms with Crippen molar-refractivity contribution in [2.24, 2.45) is 0 Å². The summed E-state index contributed by atoms with van der Waals surface area (Å²) in [6, 6.07) is -0.240. The SMILES string of the molecule is C[C@H](CO)NC(=O)Cn1cc(N)cn1. The number of carbonyl (C=O) groups is 1. The van der Waals surface area contributed by atoms with Crippen LogP contribution in [0.3, 0.4) is 0 Å². The molecule has 0 radical (unpaired) electrons. The van der Waals surface area contributed by atoms with E-state index < -0.39 is 0 Å². The smallest absolute Gasteiger partial charge is 0.242 e. The number of rotatable bonds is 4. The first-order chi connectivity index (χ1) is 6.61. The molecule has 0 unspecified atom stereocenters. The van der Waals surface area contributed by atoms with Crippen molar-refractivity contribution in [1.82, 2.24) is 15.1 Å². The Morgan fingerprint density at radius 1 is 1.86 bits per heavy atom. The standard InChI is InChI=1S/C8H14N4O2/c1-6(5-13)11-8(14)4-12-3-7(9)2-10-12/h2-3,6,13H,4-5,9H2,1H3,(H,11,14)/t6-/m1/s1. The molecule has 0 aliphatic carbocycles. The van der Waals surface area contributed by atoms with Crippen LogP contribution in [0.5, 0.6) is 0 Å². The highest BCUT2D eigenvalue weighted by Crippen LogP contribution is 1.97. The van der Waals surface area contributed by atoms with Crippen molar-refractivity contribution in [2.45, 2.75) is 19.5 Å². The first-order valence-corrected chi connectivity index (χ1v) is 4.30. The minimum absolute atomic E-state index is 0.0764. The Bertz CT molecular complexity index is 310. The van der Waals surface area contributed by atoms with Crippen LogP contribution in [0, 0.1) is 0 Å². The van der Waals surface area contributed by atoms with Crippen LogP contribution in [-0.2, 0) is 11.3 Å². The largest absolute Gasteiger partial charge is 0.396 e. The third-order valence-electron chi connectivity index (χ3n) is 1.64. The summed E-state index contributed by atoms with van der Waals surface area (Å²) in [6.07, 6.45) is 3.05. The van der Waals surface area contributed by atoms with Gasteiger partial charge in [0.15, 0.2) is 0 Å². The van der Waals surface area contributed by atoms with Crippen LogP contribution in [0.15, 0.2) is 12.4 Å². The lowest BCUT2D eigenvalue weighted by Crippen LogP contribution is -2.37. The van der Waals surface area contributed by atoms with Crippen LogP contribution in [0.1, 0.15) is 6.92 Å². The quantitative estimate of drug-likeness (QED) is 0.576. The number of nitrogens with two attached hydrogens (primary N) is 1. The zero-order valence-electron chi connectivity index (χ0n) is 7.97. The van der Waals surface area contributed by atoms with Gasteiger partial charge in [0, 0.05) is 12.2 Å². The predicted molar refractivity (Wildman–Crippen MR) is 51.3 cm³/mol. The molecule has 0 saturated heterocycles. The van der Waals surface area contributed by atoms with Gasteiger partial charge >= 0.3 is 0 Å². The Balaban J connectivity index is 2.41. The number of nitrogen functional groups attached to an aromatic ring is 1. The maximum atomic E-state index is 11.3.